The van der Waals surface area contributed by atoms with Crippen molar-refractivity contribution in [1.82, 2.24) is 0 Å². The number of hydrogen-bond donors (Lipinski definition) is 1. The third-order valence-corrected chi connectivity index (χ3v) is 3.79. The van der Waals surface area contributed by atoms with Crippen molar-refractivity contribution in [3.8, 4) is 0 Å². The summed E-state index contributed by atoms with van der Waals surface area (Å²) >= 11 is 0. The van der Waals surface area contributed by atoms with Crippen LogP contribution in [0.2, 0.25) is 0 Å². The number of nitrogens with zero attached hydrogens (tertiary/aromatic N) is 3. The highest BCUT2D eigenvalue weighted by molar-refractivity contribution is 5.98. The second kappa shape index (κ2) is 6.48. The molecule has 0 amide bonds. The Morgan fingerprint density at radius 2 is 1.57 bits per heavy atom. The summed E-state index contributed by atoms with van der Waals surface area (Å²) in [5.41, 5.74) is 3.73. The lowest BCUT2D eigenvalue weighted by atomic mass is 10.1. The van der Waals surface area contributed by atoms with Gasteiger partial charge in [0.2, 0.25) is 0 Å². The quantitative estimate of drug-likeness (QED) is 0.659. The van der Waals surface area contributed by atoms with E-state index in [9.17, 15) is 0 Å². The van der Waals surface area contributed by atoms with Gasteiger partial charge in [-0.25, -0.2) is 0 Å². The number of fused-ring (bicyclic) bond motifs is 1. The van der Waals surface area contributed by atoms with E-state index < -0.39 is 0 Å². The zero-order valence-electron chi connectivity index (χ0n) is 13.6. The summed E-state index contributed by atoms with van der Waals surface area (Å²) in [6.45, 7) is 0. The third kappa shape index (κ3) is 3.01. The van der Waals surface area contributed by atoms with E-state index in [1.807, 2.05) is 68.5 Å². The smallest absolute Gasteiger partial charge is 0.117 e. The molecule has 0 atom stereocenters. The Morgan fingerprint density at radius 1 is 0.826 bits per heavy atom. The van der Waals surface area contributed by atoms with Crippen LogP contribution in [0.3, 0.4) is 0 Å². The Balaban J connectivity index is 2.11. The first-order valence-electron chi connectivity index (χ1n) is 7.58. The SMILES string of the molecule is CNc1ccc2ccccc2c1N=Nc1ccccc1N(C)C. The Hall–Kier alpha value is -2.88. The maximum Gasteiger partial charge on any atom is 0.117 e. The van der Waals surface area contributed by atoms with Crippen LogP contribution in [0.5, 0.6) is 0 Å². The van der Waals surface area contributed by atoms with Crippen LogP contribution in [0.15, 0.2) is 70.9 Å². The third-order valence-electron chi connectivity index (χ3n) is 3.79. The van der Waals surface area contributed by atoms with Crippen molar-refractivity contribution in [1.29, 1.82) is 0 Å². The van der Waals surface area contributed by atoms with E-state index in [-0.39, 0.29) is 0 Å². The van der Waals surface area contributed by atoms with Crippen molar-refractivity contribution in [3.63, 3.8) is 0 Å². The summed E-state index contributed by atoms with van der Waals surface area (Å²) in [4.78, 5) is 2.04. The highest BCUT2D eigenvalue weighted by Gasteiger charge is 2.07. The van der Waals surface area contributed by atoms with E-state index in [4.69, 9.17) is 0 Å². The molecule has 1 N–H and O–H groups in total. The molecule has 4 nitrogen and oxygen atoms in total. The minimum Gasteiger partial charge on any atom is -0.386 e. The molecule has 0 aliphatic carbocycles. The molecule has 3 aromatic rings. The fraction of sp³-hybridized carbons (Fsp3) is 0.158. The van der Waals surface area contributed by atoms with Crippen molar-refractivity contribution in [2.24, 2.45) is 10.2 Å². The monoisotopic (exact) mass is 304 g/mol. The van der Waals surface area contributed by atoms with Crippen LogP contribution in [-0.4, -0.2) is 21.1 Å². The van der Waals surface area contributed by atoms with Crippen LogP contribution in [0.4, 0.5) is 22.7 Å². The maximum atomic E-state index is 4.55. The van der Waals surface area contributed by atoms with Crippen LogP contribution >= 0.6 is 0 Å². The number of benzene rings is 3. The van der Waals surface area contributed by atoms with Crippen LogP contribution < -0.4 is 10.2 Å². The predicted octanol–water partition coefficient (Wildman–Crippen LogP) is 5.36. The van der Waals surface area contributed by atoms with Gasteiger partial charge in [0.05, 0.1) is 11.4 Å². The van der Waals surface area contributed by atoms with E-state index >= 15 is 0 Å². The Bertz CT molecular complexity index is 853. The largest absolute Gasteiger partial charge is 0.386 e. The van der Waals surface area contributed by atoms with Gasteiger partial charge < -0.3 is 10.2 Å². The standard InChI is InChI=1S/C19H20N4/c1-20-17-13-12-14-8-4-5-9-15(14)19(17)22-21-16-10-6-7-11-18(16)23(2)3/h4-13,20H,1-3H3. The minimum absolute atomic E-state index is 0.854. The molecule has 116 valence electrons. The molecule has 23 heavy (non-hydrogen) atoms. The molecule has 0 aromatic heterocycles. The van der Waals surface area contributed by atoms with Gasteiger partial charge in [0.25, 0.3) is 0 Å². The van der Waals surface area contributed by atoms with Gasteiger partial charge in [0.1, 0.15) is 11.4 Å². The summed E-state index contributed by atoms with van der Waals surface area (Å²) < 4.78 is 0. The lowest BCUT2D eigenvalue weighted by Crippen LogP contribution is -2.08. The van der Waals surface area contributed by atoms with Crippen LogP contribution in [0, 0.1) is 0 Å². The van der Waals surface area contributed by atoms with Crippen molar-refractivity contribution < 1.29 is 0 Å². The second-order valence-corrected chi connectivity index (χ2v) is 5.52. The minimum atomic E-state index is 0.854. The van der Waals surface area contributed by atoms with Crippen LogP contribution in [0.25, 0.3) is 10.8 Å². The molecule has 0 spiro atoms. The molecule has 3 aromatic carbocycles. The van der Waals surface area contributed by atoms with Crippen LogP contribution in [0.1, 0.15) is 0 Å². The molecule has 0 radical (unpaired) electrons. The number of para-hydroxylation sites is 1. The molecule has 0 fully saturated rings. The molecule has 0 saturated heterocycles. The molecule has 0 unspecified atom stereocenters. The fourth-order valence-electron chi connectivity index (χ4n) is 2.60. The normalized spacial score (nSPS) is 11.1. The first-order chi connectivity index (χ1) is 11.2. The lowest BCUT2D eigenvalue weighted by molar-refractivity contribution is 1.11. The Kier molecular flexibility index (Phi) is 4.24. The van der Waals surface area contributed by atoms with Gasteiger partial charge >= 0.3 is 0 Å². The molecule has 0 saturated carbocycles. The van der Waals surface area contributed by atoms with E-state index in [0.717, 1.165) is 33.5 Å². The molecule has 0 aliphatic rings. The second-order valence-electron chi connectivity index (χ2n) is 5.52. The molecule has 0 bridgehead atoms. The van der Waals surface area contributed by atoms with Crippen LogP contribution in [-0.2, 0) is 0 Å². The number of nitrogens with one attached hydrogen (secondary N) is 1. The predicted molar refractivity (Wildman–Crippen MR) is 98.4 cm³/mol. The zero-order chi connectivity index (χ0) is 16.2. The number of anilines is 2. The first kappa shape index (κ1) is 15.0. The summed E-state index contributed by atoms with van der Waals surface area (Å²) in [6, 6.07) is 20.3. The van der Waals surface area contributed by atoms with Gasteiger partial charge in [-0.2, -0.15) is 0 Å². The van der Waals surface area contributed by atoms with Gasteiger partial charge in [0.15, 0.2) is 0 Å². The summed E-state index contributed by atoms with van der Waals surface area (Å²) in [6.07, 6.45) is 0. The Labute approximate surface area is 136 Å². The fourth-order valence-corrected chi connectivity index (χ4v) is 2.60. The van der Waals surface area contributed by atoms with Gasteiger partial charge in [-0.3, -0.25) is 0 Å². The molecule has 0 heterocycles. The van der Waals surface area contributed by atoms with Crippen molar-refractivity contribution in [3.05, 3.63) is 60.7 Å². The summed E-state index contributed by atoms with van der Waals surface area (Å²) in [7, 11) is 5.91. The number of rotatable bonds is 4. The van der Waals surface area contributed by atoms with E-state index in [0.29, 0.717) is 0 Å². The molecular formula is C19H20N4. The lowest BCUT2D eigenvalue weighted by Gasteiger charge is -2.14. The topological polar surface area (TPSA) is 40.0 Å². The van der Waals surface area contributed by atoms with Gasteiger partial charge in [-0.15, -0.1) is 10.2 Å². The van der Waals surface area contributed by atoms with E-state index in [2.05, 4.69) is 33.7 Å². The highest BCUT2D eigenvalue weighted by atomic mass is 15.2. The average Bonchev–Trinajstić information content (AvgIpc) is 2.59. The molecule has 3 rings (SSSR count). The molecule has 0 aliphatic heterocycles. The van der Waals surface area contributed by atoms with E-state index in [1.54, 1.807) is 0 Å². The highest BCUT2D eigenvalue weighted by Crippen LogP contribution is 2.36. The van der Waals surface area contributed by atoms with Crippen molar-refractivity contribution in [2.45, 2.75) is 0 Å². The molecular weight excluding hydrogens is 284 g/mol. The average molecular weight is 304 g/mol. The molecule has 4 heteroatoms. The summed E-state index contributed by atoms with van der Waals surface area (Å²) in [5, 5.41) is 14.5. The van der Waals surface area contributed by atoms with Crippen molar-refractivity contribution >= 4 is 33.5 Å². The summed E-state index contributed by atoms with van der Waals surface area (Å²) in [5.74, 6) is 0. The van der Waals surface area contributed by atoms with Gasteiger partial charge in [-0.1, -0.05) is 42.5 Å². The Morgan fingerprint density at radius 3 is 2.35 bits per heavy atom. The zero-order valence-corrected chi connectivity index (χ0v) is 13.6. The van der Waals surface area contributed by atoms with Gasteiger partial charge in [-0.05, 0) is 23.6 Å². The van der Waals surface area contributed by atoms with Crippen molar-refractivity contribution in [2.75, 3.05) is 31.4 Å². The maximum absolute atomic E-state index is 4.55. The number of azo groups is 1. The van der Waals surface area contributed by atoms with E-state index in [1.165, 1.54) is 0 Å². The number of hydrogen-bond acceptors (Lipinski definition) is 4. The first-order valence-corrected chi connectivity index (χ1v) is 7.58. The van der Waals surface area contributed by atoms with Gasteiger partial charge in [0, 0.05) is 26.5 Å².